The third-order valence-electron chi connectivity index (χ3n) is 4.98. The van der Waals surface area contributed by atoms with Crippen LogP contribution in [-0.2, 0) is 10.9 Å². The zero-order valence-electron chi connectivity index (χ0n) is 20.3. The maximum atomic E-state index is 13.4. The number of amides is 1. The van der Waals surface area contributed by atoms with Crippen molar-refractivity contribution in [1.82, 2.24) is 14.8 Å². The second-order valence-corrected chi connectivity index (χ2v) is 9.04. The van der Waals surface area contributed by atoms with E-state index >= 15 is 0 Å². The van der Waals surface area contributed by atoms with E-state index in [9.17, 15) is 22.8 Å². The Morgan fingerprint density at radius 2 is 1.71 bits per heavy atom. The van der Waals surface area contributed by atoms with Crippen LogP contribution in [0.4, 0.5) is 23.7 Å². The summed E-state index contributed by atoms with van der Waals surface area (Å²) in [6, 6.07) is 13.7. The fourth-order valence-corrected chi connectivity index (χ4v) is 3.38. The number of nitriles is 1. The molecule has 0 saturated heterocycles. The van der Waals surface area contributed by atoms with Gasteiger partial charge < -0.3 is 14.8 Å². The van der Waals surface area contributed by atoms with Crippen molar-refractivity contribution in [2.45, 2.75) is 32.5 Å². The first-order valence-electron chi connectivity index (χ1n) is 11.1. The summed E-state index contributed by atoms with van der Waals surface area (Å²) in [7, 11) is 0. The van der Waals surface area contributed by atoms with Gasteiger partial charge in [-0.15, -0.1) is 0 Å². The summed E-state index contributed by atoms with van der Waals surface area (Å²) in [5.41, 5.74) is -1.84. The van der Waals surface area contributed by atoms with Crippen LogP contribution in [0, 0.1) is 11.3 Å². The van der Waals surface area contributed by atoms with Crippen LogP contribution in [0.3, 0.4) is 0 Å². The molecule has 0 aliphatic rings. The number of benzene rings is 2. The van der Waals surface area contributed by atoms with Crippen LogP contribution in [0.5, 0.6) is 11.5 Å². The Hall–Kier alpha value is -4.92. The molecular weight excluding hydrogens is 503 g/mol. The molecule has 1 N–H and O–H groups in total. The summed E-state index contributed by atoms with van der Waals surface area (Å²) < 4.78 is 51.8. The molecule has 4 aromatic rings. The average molecular weight is 523 g/mol. The van der Waals surface area contributed by atoms with Crippen LogP contribution >= 0.6 is 0 Å². The first-order chi connectivity index (χ1) is 17.8. The molecule has 2 heterocycles. The first-order valence-corrected chi connectivity index (χ1v) is 11.1. The third-order valence-corrected chi connectivity index (χ3v) is 4.98. The highest BCUT2D eigenvalue weighted by atomic mass is 19.4. The highest BCUT2D eigenvalue weighted by molar-refractivity contribution is 6.12. The molecule has 0 aliphatic heterocycles. The summed E-state index contributed by atoms with van der Waals surface area (Å²) >= 11 is 0. The van der Waals surface area contributed by atoms with Gasteiger partial charge >= 0.3 is 12.3 Å². The number of alkyl halides is 3. The maximum Gasteiger partial charge on any atom is 0.435 e. The van der Waals surface area contributed by atoms with Gasteiger partial charge in [-0.25, -0.2) is 9.78 Å². The molecule has 2 aromatic heterocycles. The molecule has 2 aromatic carbocycles. The molecule has 194 valence electrons. The average Bonchev–Trinajstić information content (AvgIpc) is 3.23. The molecule has 38 heavy (non-hydrogen) atoms. The number of ether oxygens (including phenoxy) is 2. The van der Waals surface area contributed by atoms with Gasteiger partial charge in [0.15, 0.2) is 5.69 Å². The van der Waals surface area contributed by atoms with Gasteiger partial charge in [-0.1, -0.05) is 0 Å². The molecule has 0 radical (unpaired) electrons. The van der Waals surface area contributed by atoms with Crippen molar-refractivity contribution < 1.29 is 32.2 Å². The molecule has 12 heteroatoms. The van der Waals surface area contributed by atoms with E-state index < -0.39 is 35.0 Å². The van der Waals surface area contributed by atoms with Gasteiger partial charge in [0, 0.05) is 23.3 Å². The second kappa shape index (κ2) is 9.85. The van der Waals surface area contributed by atoms with Crippen molar-refractivity contribution in [2.24, 2.45) is 0 Å². The van der Waals surface area contributed by atoms with Gasteiger partial charge in [-0.05, 0) is 69.3 Å². The summed E-state index contributed by atoms with van der Waals surface area (Å²) in [5, 5.41) is 15.3. The maximum absolute atomic E-state index is 13.4. The molecule has 0 fully saturated rings. The summed E-state index contributed by atoms with van der Waals surface area (Å²) in [6.45, 7) is 4.86. The molecule has 9 nitrogen and oxygen atoms in total. The Balaban J connectivity index is 1.62. The molecule has 0 aliphatic carbocycles. The summed E-state index contributed by atoms with van der Waals surface area (Å²) in [5.74, 6) is -0.0568. The van der Waals surface area contributed by atoms with Gasteiger partial charge in [0.25, 0.3) is 5.91 Å². The van der Waals surface area contributed by atoms with Crippen molar-refractivity contribution in [3.05, 3.63) is 77.7 Å². The van der Waals surface area contributed by atoms with E-state index in [2.05, 4.69) is 15.4 Å². The lowest BCUT2D eigenvalue weighted by molar-refractivity contribution is -0.137. The fourth-order valence-electron chi connectivity index (χ4n) is 3.38. The lowest BCUT2D eigenvalue weighted by Crippen LogP contribution is -2.28. The normalized spacial score (nSPS) is 11.6. The van der Waals surface area contributed by atoms with Gasteiger partial charge in [0.05, 0.1) is 11.1 Å². The van der Waals surface area contributed by atoms with Crippen LogP contribution in [0.25, 0.3) is 10.9 Å². The zero-order chi connectivity index (χ0) is 27.7. The van der Waals surface area contributed by atoms with E-state index in [1.54, 1.807) is 39.0 Å². The molecule has 0 atom stereocenters. The van der Waals surface area contributed by atoms with Gasteiger partial charge in [0.2, 0.25) is 0 Å². The Bertz CT molecular complexity index is 1570. The predicted octanol–water partition coefficient (Wildman–Crippen LogP) is 6.15. The molecule has 4 rings (SSSR count). The fraction of sp³-hybridized carbons (Fsp3) is 0.192. The summed E-state index contributed by atoms with van der Waals surface area (Å²) in [6.07, 6.45) is -4.19. The van der Waals surface area contributed by atoms with Crippen molar-refractivity contribution >= 4 is 28.6 Å². The smallest absolute Gasteiger partial charge is 0.435 e. The molecule has 0 saturated carbocycles. The number of carbonyl (C=O) groups excluding carboxylic acids is 2. The minimum absolute atomic E-state index is 0.0183. The highest BCUT2D eigenvalue weighted by Gasteiger charge is 2.33. The number of hydrogen-bond acceptors (Lipinski definition) is 7. The molecule has 0 bridgehead atoms. The van der Waals surface area contributed by atoms with E-state index in [1.807, 2.05) is 6.07 Å². The van der Waals surface area contributed by atoms with E-state index in [1.165, 1.54) is 24.4 Å². The monoisotopic (exact) mass is 523 g/mol. The number of aromatic nitrogens is 3. The number of nitrogens with zero attached hydrogens (tertiary/aromatic N) is 4. The van der Waals surface area contributed by atoms with E-state index in [0.29, 0.717) is 17.2 Å². The van der Waals surface area contributed by atoms with Crippen molar-refractivity contribution in [3.8, 4) is 17.6 Å². The number of rotatable bonds is 4. The topological polar surface area (TPSA) is 119 Å². The number of halogens is 3. The van der Waals surface area contributed by atoms with Crippen LogP contribution in [0.15, 0.2) is 60.8 Å². The lowest BCUT2D eigenvalue weighted by atomic mass is 10.1. The quantitative estimate of drug-likeness (QED) is 0.341. The minimum atomic E-state index is -4.67. The van der Waals surface area contributed by atoms with E-state index in [4.69, 9.17) is 14.7 Å². The Labute approximate surface area is 214 Å². The van der Waals surface area contributed by atoms with E-state index in [-0.39, 0.29) is 16.6 Å². The van der Waals surface area contributed by atoms with Crippen molar-refractivity contribution in [2.75, 3.05) is 5.32 Å². The molecular formula is C26H20F3N5O4. The van der Waals surface area contributed by atoms with Gasteiger partial charge in [-0.2, -0.15) is 28.2 Å². The van der Waals surface area contributed by atoms with Crippen molar-refractivity contribution in [1.29, 1.82) is 5.26 Å². The number of anilines is 1. The third kappa shape index (κ3) is 5.89. The van der Waals surface area contributed by atoms with Crippen LogP contribution in [-0.4, -0.2) is 32.4 Å². The molecule has 0 unspecified atom stereocenters. The number of hydrogen-bond donors (Lipinski definition) is 1. The largest absolute Gasteiger partial charge is 0.457 e. The lowest BCUT2D eigenvalue weighted by Gasteiger charge is -2.19. The molecule has 1 amide bonds. The Morgan fingerprint density at radius 1 is 1.00 bits per heavy atom. The van der Waals surface area contributed by atoms with Gasteiger partial charge in [0.1, 0.15) is 28.9 Å². The van der Waals surface area contributed by atoms with Gasteiger partial charge in [-0.3, -0.25) is 4.79 Å². The van der Waals surface area contributed by atoms with Crippen molar-refractivity contribution in [3.63, 3.8) is 0 Å². The van der Waals surface area contributed by atoms with Crippen LogP contribution < -0.4 is 10.1 Å². The van der Waals surface area contributed by atoms with Crippen LogP contribution in [0.1, 0.15) is 42.5 Å². The van der Waals surface area contributed by atoms with Crippen LogP contribution in [0.2, 0.25) is 0 Å². The Kier molecular flexibility index (Phi) is 6.78. The highest BCUT2D eigenvalue weighted by Crippen LogP contribution is 2.33. The minimum Gasteiger partial charge on any atom is -0.457 e. The standard InChI is InChI=1S/C26H20F3N5O4/c1-25(2,3)38-24(36)34-21-9-4-15(26(27,28)29)12-20(21)22(33-34)23(35)32-16-5-7-18(8-6-16)37-19-10-11-31-17(13-19)14-30/h4-13H,1-3H3,(H,32,35). The summed E-state index contributed by atoms with van der Waals surface area (Å²) in [4.78, 5) is 29.6. The van der Waals surface area contributed by atoms with E-state index in [0.717, 1.165) is 22.9 Å². The predicted molar refractivity (Wildman–Crippen MR) is 130 cm³/mol. The SMILES string of the molecule is CC(C)(C)OC(=O)n1nc(C(=O)Nc2ccc(Oc3ccnc(C#N)c3)cc2)c2cc(C(F)(F)F)ccc21. The first kappa shape index (κ1) is 26.2. The number of pyridine rings is 1. The molecule has 0 spiro atoms. The Morgan fingerprint density at radius 3 is 2.34 bits per heavy atom. The number of nitrogens with one attached hydrogen (secondary N) is 1. The number of carbonyl (C=O) groups is 2. The number of fused-ring (bicyclic) bond motifs is 1. The zero-order valence-corrected chi connectivity index (χ0v) is 20.3. The second-order valence-electron chi connectivity index (χ2n) is 9.04.